The molecule has 1 aliphatic heterocycles. The fourth-order valence-electron chi connectivity index (χ4n) is 3.89. The van der Waals surface area contributed by atoms with Crippen LogP contribution in [0.5, 0.6) is 0 Å². The number of halogens is 1. The van der Waals surface area contributed by atoms with Crippen molar-refractivity contribution in [3.63, 3.8) is 0 Å². The third-order valence-corrected chi connectivity index (χ3v) is 6.10. The number of nitrogens with zero attached hydrogens (tertiary/aromatic N) is 4. The Morgan fingerprint density at radius 1 is 1.29 bits per heavy atom. The van der Waals surface area contributed by atoms with Crippen LogP contribution < -0.4 is 4.90 Å². The Bertz CT molecular complexity index is 954. The zero-order valence-corrected chi connectivity index (χ0v) is 16.7. The number of aromatic nitrogens is 2. The first-order chi connectivity index (χ1) is 13.7. The molecular weight excluding hydrogens is 375 g/mol. The Hall–Kier alpha value is -2.54. The minimum Gasteiger partial charge on any atom is -0.356 e. The maximum Gasteiger partial charge on any atom is 0.264 e. The highest BCUT2D eigenvalue weighted by Gasteiger charge is 2.29. The molecule has 0 radical (unpaired) electrons. The summed E-state index contributed by atoms with van der Waals surface area (Å²) >= 11 is 1.50. The number of thiophene rings is 1. The van der Waals surface area contributed by atoms with Gasteiger partial charge in [0.25, 0.3) is 5.91 Å². The molecule has 146 valence electrons. The highest BCUT2D eigenvalue weighted by molar-refractivity contribution is 7.12. The van der Waals surface area contributed by atoms with Gasteiger partial charge in [0.05, 0.1) is 10.4 Å². The zero-order valence-electron chi connectivity index (χ0n) is 15.8. The summed E-state index contributed by atoms with van der Waals surface area (Å²) in [7, 11) is 0. The molecule has 0 spiro atoms. The van der Waals surface area contributed by atoms with Gasteiger partial charge in [-0.05, 0) is 48.9 Å². The fourth-order valence-corrected chi connectivity index (χ4v) is 4.57. The number of fused-ring (bicyclic) bond motifs is 1. The Kier molecular flexibility index (Phi) is 5.52. The molecule has 5 nitrogen and oxygen atoms in total. The second-order valence-electron chi connectivity index (χ2n) is 7.05. The first-order valence-electron chi connectivity index (χ1n) is 9.67. The molecule has 1 saturated heterocycles. The molecule has 0 unspecified atom stereocenters. The highest BCUT2D eigenvalue weighted by atomic mass is 32.1. The first kappa shape index (κ1) is 18.8. The van der Waals surface area contributed by atoms with Gasteiger partial charge in [-0.2, -0.15) is 0 Å². The number of carbonyl (C=O) groups excluding carboxylic acids is 1. The van der Waals surface area contributed by atoms with E-state index in [2.05, 4.69) is 21.8 Å². The van der Waals surface area contributed by atoms with E-state index in [1.807, 2.05) is 22.4 Å². The monoisotopic (exact) mass is 398 g/mol. The lowest BCUT2D eigenvalue weighted by Gasteiger charge is -2.39. The zero-order chi connectivity index (χ0) is 19.5. The van der Waals surface area contributed by atoms with E-state index in [1.54, 1.807) is 6.07 Å². The minimum absolute atomic E-state index is 0.129. The lowest BCUT2D eigenvalue weighted by atomic mass is 10.0. The third kappa shape index (κ3) is 3.71. The number of benzene rings is 1. The van der Waals surface area contributed by atoms with Gasteiger partial charge in [0.2, 0.25) is 0 Å². The van der Waals surface area contributed by atoms with E-state index in [0.29, 0.717) is 0 Å². The molecule has 0 bridgehead atoms. The average Bonchev–Trinajstić information content (AvgIpc) is 3.26. The van der Waals surface area contributed by atoms with Crippen molar-refractivity contribution >= 4 is 34.0 Å². The van der Waals surface area contributed by atoms with Gasteiger partial charge >= 0.3 is 0 Å². The van der Waals surface area contributed by atoms with Crippen molar-refractivity contribution in [1.29, 1.82) is 0 Å². The van der Waals surface area contributed by atoms with Crippen molar-refractivity contribution in [2.45, 2.75) is 32.2 Å². The standard InChI is InChI=1S/C21H23FN4OS/c1-2-9-26(21(27)19-4-3-12-28-19)16-7-10-25(11-8-16)20-17-13-15(22)5-6-18(17)23-14-24-20/h3-6,12-14,16H,2,7-11H2,1H3. The van der Waals surface area contributed by atoms with Crippen LogP contribution in [0.4, 0.5) is 10.2 Å². The van der Waals surface area contributed by atoms with Crippen LogP contribution in [0.25, 0.3) is 10.9 Å². The van der Waals surface area contributed by atoms with E-state index in [0.717, 1.165) is 60.5 Å². The summed E-state index contributed by atoms with van der Waals surface area (Å²) in [6.45, 7) is 4.44. The van der Waals surface area contributed by atoms with Gasteiger partial charge in [0.15, 0.2) is 0 Å². The van der Waals surface area contributed by atoms with E-state index in [9.17, 15) is 9.18 Å². The predicted octanol–water partition coefficient (Wildman–Crippen LogP) is 4.35. The first-order valence-corrected chi connectivity index (χ1v) is 10.5. The highest BCUT2D eigenvalue weighted by Crippen LogP contribution is 2.28. The molecule has 28 heavy (non-hydrogen) atoms. The van der Waals surface area contributed by atoms with E-state index in [1.165, 1.54) is 29.8 Å². The summed E-state index contributed by atoms with van der Waals surface area (Å²) in [5.41, 5.74) is 0.744. The number of anilines is 1. The van der Waals surface area contributed by atoms with E-state index in [4.69, 9.17) is 0 Å². The molecule has 0 atom stereocenters. The molecule has 0 saturated carbocycles. The van der Waals surface area contributed by atoms with Gasteiger partial charge in [0.1, 0.15) is 18.0 Å². The summed E-state index contributed by atoms with van der Waals surface area (Å²) in [5, 5.41) is 2.68. The number of hydrogen-bond donors (Lipinski definition) is 0. The molecule has 0 aliphatic carbocycles. The van der Waals surface area contributed by atoms with E-state index in [-0.39, 0.29) is 17.8 Å². The van der Waals surface area contributed by atoms with Gasteiger partial charge in [-0.3, -0.25) is 4.79 Å². The molecule has 7 heteroatoms. The average molecular weight is 399 g/mol. The molecule has 3 aromatic rings. The lowest BCUT2D eigenvalue weighted by Crippen LogP contribution is -2.47. The maximum atomic E-state index is 13.7. The van der Waals surface area contributed by atoms with Crippen molar-refractivity contribution in [1.82, 2.24) is 14.9 Å². The minimum atomic E-state index is -0.283. The summed E-state index contributed by atoms with van der Waals surface area (Å²) in [6.07, 6.45) is 4.22. The molecule has 3 heterocycles. The third-order valence-electron chi connectivity index (χ3n) is 5.24. The van der Waals surface area contributed by atoms with Crippen molar-refractivity contribution in [2.75, 3.05) is 24.5 Å². The fraction of sp³-hybridized carbons (Fsp3) is 0.381. The molecule has 1 aliphatic rings. The van der Waals surface area contributed by atoms with Crippen molar-refractivity contribution in [3.05, 3.63) is 52.7 Å². The van der Waals surface area contributed by atoms with Gasteiger partial charge in [0, 0.05) is 31.1 Å². The van der Waals surface area contributed by atoms with Crippen LogP contribution in [0.3, 0.4) is 0 Å². The largest absolute Gasteiger partial charge is 0.356 e. The van der Waals surface area contributed by atoms with Crippen LogP contribution in [0.1, 0.15) is 35.9 Å². The lowest BCUT2D eigenvalue weighted by molar-refractivity contribution is 0.0655. The number of hydrogen-bond acceptors (Lipinski definition) is 5. The summed E-state index contributed by atoms with van der Waals surface area (Å²) in [4.78, 5) is 26.6. The Balaban J connectivity index is 1.51. The molecule has 0 N–H and O–H groups in total. The van der Waals surface area contributed by atoms with Crippen LogP contribution in [0.15, 0.2) is 42.0 Å². The number of amides is 1. The molecule has 2 aromatic heterocycles. The SMILES string of the molecule is CCCN(C(=O)c1cccs1)C1CCN(c2ncnc3ccc(F)cc23)CC1. The van der Waals surface area contributed by atoms with E-state index >= 15 is 0 Å². The van der Waals surface area contributed by atoms with Crippen molar-refractivity contribution in [3.8, 4) is 0 Å². The molecule has 1 amide bonds. The summed E-state index contributed by atoms with van der Waals surface area (Å²) < 4.78 is 13.7. The van der Waals surface area contributed by atoms with Gasteiger partial charge < -0.3 is 9.80 Å². The topological polar surface area (TPSA) is 49.3 Å². The second kappa shape index (κ2) is 8.22. The van der Waals surface area contributed by atoms with Crippen molar-refractivity contribution in [2.24, 2.45) is 0 Å². The number of piperidine rings is 1. The predicted molar refractivity (Wildman–Crippen MR) is 110 cm³/mol. The van der Waals surface area contributed by atoms with Crippen LogP contribution in [-0.2, 0) is 0 Å². The van der Waals surface area contributed by atoms with Gasteiger partial charge in [-0.1, -0.05) is 13.0 Å². The van der Waals surface area contributed by atoms with Crippen LogP contribution in [-0.4, -0.2) is 46.5 Å². The van der Waals surface area contributed by atoms with Gasteiger partial charge in [-0.25, -0.2) is 14.4 Å². The van der Waals surface area contributed by atoms with Crippen LogP contribution >= 0.6 is 11.3 Å². The molecular formula is C21H23FN4OS. The molecule has 1 aromatic carbocycles. The molecule has 1 fully saturated rings. The van der Waals surface area contributed by atoms with Crippen LogP contribution in [0, 0.1) is 5.82 Å². The Morgan fingerprint density at radius 3 is 2.82 bits per heavy atom. The Labute approximate surface area is 167 Å². The summed E-state index contributed by atoms with van der Waals surface area (Å²) in [6, 6.07) is 8.64. The summed E-state index contributed by atoms with van der Waals surface area (Å²) in [5.74, 6) is 0.619. The van der Waals surface area contributed by atoms with E-state index < -0.39 is 0 Å². The van der Waals surface area contributed by atoms with Crippen LogP contribution in [0.2, 0.25) is 0 Å². The number of rotatable bonds is 5. The Morgan fingerprint density at radius 2 is 2.11 bits per heavy atom. The number of carbonyl (C=O) groups is 1. The molecule has 4 rings (SSSR count). The van der Waals surface area contributed by atoms with Crippen molar-refractivity contribution < 1.29 is 9.18 Å². The quantitative estimate of drug-likeness (QED) is 0.641. The smallest absolute Gasteiger partial charge is 0.264 e. The second-order valence-corrected chi connectivity index (χ2v) is 8.00. The normalized spacial score (nSPS) is 15.1. The van der Waals surface area contributed by atoms with Gasteiger partial charge in [-0.15, -0.1) is 11.3 Å². The maximum absolute atomic E-state index is 13.7.